The lowest BCUT2D eigenvalue weighted by atomic mass is 9.80. The Bertz CT molecular complexity index is 1910. The highest BCUT2D eigenvalue weighted by Crippen LogP contribution is 2.40. The van der Waals surface area contributed by atoms with Crippen LogP contribution in [0.1, 0.15) is 25.1 Å². The van der Waals surface area contributed by atoms with Gasteiger partial charge in [-0.25, -0.2) is 4.98 Å². The molecule has 0 aliphatic heterocycles. The van der Waals surface area contributed by atoms with Crippen molar-refractivity contribution in [2.24, 2.45) is 0 Å². The van der Waals surface area contributed by atoms with Crippen LogP contribution in [0, 0.1) is 0 Å². The minimum absolute atomic E-state index is 0.262. The largest absolute Gasteiger partial charge is 0.309 e. The van der Waals surface area contributed by atoms with Crippen LogP contribution in [0.15, 0.2) is 140 Å². The minimum Gasteiger partial charge on any atom is -0.309 e. The highest BCUT2D eigenvalue weighted by Gasteiger charge is 2.26. The summed E-state index contributed by atoms with van der Waals surface area (Å²) < 4.78 is 2.32. The summed E-state index contributed by atoms with van der Waals surface area (Å²) >= 11 is 0. The number of hydrogen-bond donors (Lipinski definition) is 0. The number of hydrogen-bond acceptors (Lipinski definition) is 4. The molecule has 0 fully saturated rings. The monoisotopic (exact) mass is 531 g/mol. The molecule has 0 saturated heterocycles. The first-order chi connectivity index (χ1) is 20.1. The molecule has 5 nitrogen and oxygen atoms in total. The molecule has 41 heavy (non-hydrogen) atoms. The maximum atomic E-state index is 4.71. The van der Waals surface area contributed by atoms with Gasteiger partial charge in [-0.3, -0.25) is 14.9 Å². The Kier molecular flexibility index (Phi) is 6.05. The Morgan fingerprint density at radius 2 is 1.27 bits per heavy atom. The zero-order valence-corrected chi connectivity index (χ0v) is 23.0. The van der Waals surface area contributed by atoms with E-state index in [4.69, 9.17) is 9.97 Å². The Hall–Kier alpha value is -5.29. The Morgan fingerprint density at radius 3 is 1.98 bits per heavy atom. The molecule has 0 bridgehead atoms. The first-order valence-electron chi connectivity index (χ1n) is 13.8. The Morgan fingerprint density at radius 1 is 0.585 bits per heavy atom. The summed E-state index contributed by atoms with van der Waals surface area (Å²) in [5, 5.41) is 2.36. The average Bonchev–Trinajstić information content (AvgIpc) is 3.36. The van der Waals surface area contributed by atoms with Crippen LogP contribution >= 0.6 is 0 Å². The summed E-state index contributed by atoms with van der Waals surface area (Å²) in [6, 6.07) is 40.1. The van der Waals surface area contributed by atoms with Crippen LogP contribution in [-0.4, -0.2) is 19.5 Å². The van der Waals surface area contributed by atoms with Crippen molar-refractivity contribution in [3.8, 4) is 5.69 Å². The van der Waals surface area contributed by atoms with E-state index in [1.165, 1.54) is 16.3 Å². The van der Waals surface area contributed by atoms with Gasteiger partial charge < -0.3 is 4.57 Å². The van der Waals surface area contributed by atoms with Gasteiger partial charge in [0.2, 0.25) is 0 Å². The lowest BCUT2D eigenvalue weighted by Gasteiger charge is -2.25. The fourth-order valence-electron chi connectivity index (χ4n) is 5.67. The number of pyridine rings is 3. The summed E-state index contributed by atoms with van der Waals surface area (Å²) in [6.07, 6.45) is 7.40. The van der Waals surface area contributed by atoms with Crippen molar-refractivity contribution in [1.82, 2.24) is 19.5 Å². The molecule has 4 aromatic heterocycles. The average molecular weight is 532 g/mol. The van der Waals surface area contributed by atoms with Crippen LogP contribution in [0.4, 0.5) is 17.2 Å². The number of fused-ring (bicyclic) bond motifs is 3. The third kappa shape index (κ3) is 4.32. The fraction of sp³-hybridized carbons (Fsp3) is 0.0833. The van der Waals surface area contributed by atoms with Crippen LogP contribution in [-0.2, 0) is 5.41 Å². The second-order valence-electron chi connectivity index (χ2n) is 10.7. The maximum Gasteiger partial charge on any atom is 0.137 e. The van der Waals surface area contributed by atoms with E-state index in [1.54, 1.807) is 0 Å². The number of anilines is 3. The standard InChI is InChI=1S/C36H29N5/c1-36(2,34-12-6-8-20-38-34)26-14-16-32-30(24-26)31-25-29(15-17-33(31)41(32)28-18-22-37-23-19-28)40(27-10-4-3-5-11-27)35-13-7-9-21-39-35/h3-25H,1-2H3. The second-order valence-corrected chi connectivity index (χ2v) is 10.7. The number of rotatable bonds is 6. The molecule has 0 saturated carbocycles. The van der Waals surface area contributed by atoms with E-state index in [0.717, 1.165) is 39.6 Å². The van der Waals surface area contributed by atoms with E-state index in [-0.39, 0.29) is 5.41 Å². The van der Waals surface area contributed by atoms with E-state index in [0.29, 0.717) is 0 Å². The molecule has 0 spiro atoms. The van der Waals surface area contributed by atoms with Crippen molar-refractivity contribution in [1.29, 1.82) is 0 Å². The summed E-state index contributed by atoms with van der Waals surface area (Å²) in [6.45, 7) is 4.48. The van der Waals surface area contributed by atoms with Gasteiger partial charge in [-0.1, -0.05) is 50.2 Å². The number of aromatic nitrogens is 4. The molecule has 0 N–H and O–H groups in total. The first-order valence-corrected chi connectivity index (χ1v) is 13.8. The van der Waals surface area contributed by atoms with Gasteiger partial charge in [0, 0.05) is 58.0 Å². The SMILES string of the molecule is CC(C)(c1ccc2c(c1)c1cc(N(c3ccccc3)c3ccccn3)ccc1n2-c1ccncc1)c1ccccn1. The normalized spacial score (nSPS) is 11.7. The van der Waals surface area contributed by atoms with Gasteiger partial charge in [-0.2, -0.15) is 0 Å². The van der Waals surface area contributed by atoms with Crippen molar-refractivity contribution in [2.45, 2.75) is 19.3 Å². The zero-order chi connectivity index (χ0) is 27.8. The predicted molar refractivity (Wildman–Crippen MR) is 167 cm³/mol. The molecule has 0 aliphatic carbocycles. The molecule has 4 heterocycles. The number of benzene rings is 3. The number of nitrogens with zero attached hydrogens (tertiary/aromatic N) is 5. The van der Waals surface area contributed by atoms with E-state index in [9.17, 15) is 0 Å². The minimum atomic E-state index is -0.262. The third-order valence-electron chi connectivity index (χ3n) is 7.85. The van der Waals surface area contributed by atoms with Crippen molar-refractivity contribution >= 4 is 39.0 Å². The summed E-state index contributed by atoms with van der Waals surface area (Å²) in [5.41, 5.74) is 7.46. The molecular weight excluding hydrogens is 502 g/mol. The molecule has 7 aromatic rings. The van der Waals surface area contributed by atoms with Crippen LogP contribution in [0.2, 0.25) is 0 Å². The van der Waals surface area contributed by atoms with Gasteiger partial charge in [0.1, 0.15) is 5.82 Å². The number of para-hydroxylation sites is 1. The van der Waals surface area contributed by atoms with Gasteiger partial charge in [0.05, 0.1) is 16.7 Å². The quantitative estimate of drug-likeness (QED) is 0.215. The maximum absolute atomic E-state index is 4.71. The van der Waals surface area contributed by atoms with Gasteiger partial charge in [0.25, 0.3) is 0 Å². The van der Waals surface area contributed by atoms with E-state index < -0.39 is 0 Å². The summed E-state index contributed by atoms with van der Waals surface area (Å²) in [4.78, 5) is 15.9. The third-order valence-corrected chi connectivity index (χ3v) is 7.85. The molecule has 0 radical (unpaired) electrons. The van der Waals surface area contributed by atoms with Crippen LogP contribution < -0.4 is 4.90 Å². The zero-order valence-electron chi connectivity index (χ0n) is 23.0. The highest BCUT2D eigenvalue weighted by atomic mass is 15.2. The van der Waals surface area contributed by atoms with E-state index in [1.807, 2.05) is 55.1 Å². The van der Waals surface area contributed by atoms with Gasteiger partial charge in [-0.05, 0) is 84.4 Å². The van der Waals surface area contributed by atoms with E-state index in [2.05, 4.69) is 113 Å². The van der Waals surface area contributed by atoms with Gasteiger partial charge in [-0.15, -0.1) is 0 Å². The smallest absolute Gasteiger partial charge is 0.137 e. The highest BCUT2D eigenvalue weighted by molar-refractivity contribution is 6.11. The topological polar surface area (TPSA) is 46.8 Å². The van der Waals surface area contributed by atoms with Crippen molar-refractivity contribution in [3.63, 3.8) is 0 Å². The van der Waals surface area contributed by atoms with Crippen molar-refractivity contribution in [3.05, 3.63) is 151 Å². The predicted octanol–water partition coefficient (Wildman–Crippen LogP) is 8.76. The van der Waals surface area contributed by atoms with E-state index >= 15 is 0 Å². The second kappa shape index (κ2) is 10.0. The van der Waals surface area contributed by atoms with Gasteiger partial charge >= 0.3 is 0 Å². The molecule has 3 aromatic carbocycles. The first kappa shape index (κ1) is 24.7. The molecule has 0 unspecified atom stereocenters. The Labute approximate surface area is 239 Å². The van der Waals surface area contributed by atoms with Crippen LogP contribution in [0.3, 0.4) is 0 Å². The molecule has 198 valence electrons. The van der Waals surface area contributed by atoms with Crippen molar-refractivity contribution in [2.75, 3.05) is 4.90 Å². The van der Waals surface area contributed by atoms with Crippen molar-refractivity contribution < 1.29 is 0 Å². The fourth-order valence-corrected chi connectivity index (χ4v) is 5.67. The van der Waals surface area contributed by atoms with Crippen LogP contribution in [0.5, 0.6) is 0 Å². The lowest BCUT2D eigenvalue weighted by Crippen LogP contribution is -2.20. The molecule has 0 atom stereocenters. The molecule has 7 rings (SSSR count). The summed E-state index contributed by atoms with van der Waals surface area (Å²) in [7, 11) is 0. The molecular formula is C36H29N5. The molecule has 0 aliphatic rings. The van der Waals surface area contributed by atoms with Crippen LogP contribution in [0.25, 0.3) is 27.5 Å². The van der Waals surface area contributed by atoms with Gasteiger partial charge in [0.15, 0.2) is 0 Å². The molecule has 0 amide bonds. The lowest BCUT2D eigenvalue weighted by molar-refractivity contribution is 0.618. The Balaban J connectivity index is 1.49. The molecule has 5 heteroatoms. The summed E-state index contributed by atoms with van der Waals surface area (Å²) in [5.74, 6) is 0.868.